The lowest BCUT2D eigenvalue weighted by atomic mass is 10.2. The molecule has 2 aromatic carbocycles. The van der Waals surface area contributed by atoms with Crippen LogP contribution in [-0.2, 0) is 4.79 Å². The molecule has 2 aliphatic rings. The van der Waals surface area contributed by atoms with Crippen LogP contribution in [0, 0.1) is 5.82 Å². The number of benzene rings is 2. The Kier molecular flexibility index (Phi) is 5.41. The fourth-order valence-electron chi connectivity index (χ4n) is 3.05. The maximum atomic E-state index is 13.9. The number of amides is 1. The topological polar surface area (TPSA) is 73.8 Å². The molecule has 0 spiro atoms. The summed E-state index contributed by atoms with van der Waals surface area (Å²) in [7, 11) is 0. The molecule has 3 heterocycles. The van der Waals surface area contributed by atoms with Crippen LogP contribution in [0.25, 0.3) is 6.08 Å². The van der Waals surface area contributed by atoms with Gasteiger partial charge in [0.05, 0.1) is 16.8 Å². The lowest BCUT2D eigenvalue weighted by Crippen LogP contribution is -2.27. The van der Waals surface area contributed by atoms with E-state index in [1.54, 1.807) is 48.5 Å². The lowest BCUT2D eigenvalue weighted by molar-refractivity contribution is -0.113. The molecule has 1 amide bonds. The molecule has 0 radical (unpaired) electrons. The van der Waals surface area contributed by atoms with Crippen molar-refractivity contribution in [3.05, 3.63) is 70.2 Å². The van der Waals surface area contributed by atoms with Crippen LogP contribution in [0.1, 0.15) is 5.56 Å². The number of ether oxygens (including phenoxy) is 3. The highest BCUT2D eigenvalue weighted by Gasteiger charge is 2.34. The van der Waals surface area contributed by atoms with E-state index < -0.39 is 5.82 Å². The van der Waals surface area contributed by atoms with Crippen molar-refractivity contribution in [2.24, 2.45) is 0 Å². The third-order valence-corrected chi connectivity index (χ3v) is 5.95. The molecule has 3 aromatic rings. The van der Waals surface area contributed by atoms with E-state index >= 15 is 0 Å². The number of hydrogen-bond donors (Lipinski definition) is 0. The number of aromatic nitrogens is 2. The van der Waals surface area contributed by atoms with Crippen LogP contribution < -0.4 is 19.1 Å². The summed E-state index contributed by atoms with van der Waals surface area (Å²) in [4.78, 5) is 22.2. The first-order valence-electron chi connectivity index (χ1n) is 9.11. The van der Waals surface area contributed by atoms with Crippen LogP contribution in [0.4, 0.5) is 10.1 Å². The van der Waals surface area contributed by atoms with E-state index in [0.717, 1.165) is 6.20 Å². The Labute approximate surface area is 195 Å². The number of halogens is 2. The largest absolute Gasteiger partial charge is 0.454 e. The third-order valence-electron chi connectivity index (χ3n) is 4.46. The normalized spacial score (nSPS) is 16.2. The maximum absolute atomic E-state index is 13.9. The summed E-state index contributed by atoms with van der Waals surface area (Å²) < 4.78 is 30.4. The Morgan fingerprint density at radius 3 is 2.94 bits per heavy atom. The molecule has 11 heteroatoms. The smallest absolute Gasteiger partial charge is 0.270 e. The van der Waals surface area contributed by atoms with E-state index in [4.69, 9.17) is 38.0 Å². The minimum atomic E-state index is -0.746. The van der Waals surface area contributed by atoms with Gasteiger partial charge >= 0.3 is 0 Å². The molecule has 0 atom stereocenters. The zero-order chi connectivity index (χ0) is 22.2. The first-order valence-corrected chi connectivity index (χ1v) is 10.7. The van der Waals surface area contributed by atoms with Crippen LogP contribution in [0.5, 0.6) is 23.1 Å². The molecule has 1 saturated heterocycles. The highest BCUT2D eigenvalue weighted by atomic mass is 35.5. The van der Waals surface area contributed by atoms with E-state index in [1.165, 1.54) is 16.7 Å². The summed E-state index contributed by atoms with van der Waals surface area (Å²) in [5.74, 6) is 0.188. The standard InChI is InChI=1S/C21H11ClFN3O4S2/c22-20-24-9-14(23)18(25-20)30-13-3-1-2-11(6-13)7-17-19(27)26(21(31)32-17)12-4-5-15-16(8-12)29-10-28-15/h1-9H,10H2/b17-7+. The molecular formula is C21H11ClFN3O4S2. The van der Waals surface area contributed by atoms with Crippen molar-refractivity contribution in [3.8, 4) is 23.1 Å². The predicted molar refractivity (Wildman–Crippen MR) is 122 cm³/mol. The minimum absolute atomic E-state index is 0.134. The number of fused-ring (bicyclic) bond motifs is 1. The zero-order valence-electron chi connectivity index (χ0n) is 16.0. The molecule has 5 rings (SSSR count). The molecule has 0 unspecified atom stereocenters. The lowest BCUT2D eigenvalue weighted by Gasteiger charge is -2.14. The number of carbonyl (C=O) groups excluding carboxylic acids is 1. The summed E-state index contributed by atoms with van der Waals surface area (Å²) in [6, 6.07) is 12.0. The van der Waals surface area contributed by atoms with Gasteiger partial charge in [-0.3, -0.25) is 9.69 Å². The first-order chi connectivity index (χ1) is 15.5. The van der Waals surface area contributed by atoms with Gasteiger partial charge in [-0.1, -0.05) is 36.1 Å². The monoisotopic (exact) mass is 487 g/mol. The van der Waals surface area contributed by atoms with Gasteiger partial charge in [-0.05, 0) is 47.5 Å². The van der Waals surface area contributed by atoms with E-state index in [-0.39, 0.29) is 23.9 Å². The fourth-order valence-corrected chi connectivity index (χ4v) is 4.47. The second-order valence-electron chi connectivity index (χ2n) is 6.52. The summed E-state index contributed by atoms with van der Waals surface area (Å²) in [5.41, 5.74) is 1.25. The van der Waals surface area contributed by atoms with Crippen molar-refractivity contribution in [2.75, 3.05) is 11.7 Å². The van der Waals surface area contributed by atoms with Crippen molar-refractivity contribution in [1.82, 2.24) is 9.97 Å². The highest BCUT2D eigenvalue weighted by molar-refractivity contribution is 8.27. The predicted octanol–water partition coefficient (Wildman–Crippen LogP) is 5.20. The molecule has 0 saturated carbocycles. The second-order valence-corrected chi connectivity index (χ2v) is 8.54. The number of thiocarbonyl (C=S) groups is 1. The SMILES string of the molecule is O=C1/C(=C\c2cccc(Oc3nc(Cl)ncc3F)c2)SC(=S)N1c1ccc2c(c1)OCO2. The molecule has 7 nitrogen and oxygen atoms in total. The van der Waals surface area contributed by atoms with Gasteiger partial charge in [0.25, 0.3) is 11.8 Å². The van der Waals surface area contributed by atoms with Crippen molar-refractivity contribution < 1.29 is 23.4 Å². The second kappa shape index (κ2) is 8.38. The number of thioether (sulfide) groups is 1. The molecule has 160 valence electrons. The third kappa shape index (κ3) is 3.99. The molecule has 2 aliphatic heterocycles. The average molecular weight is 488 g/mol. The van der Waals surface area contributed by atoms with Crippen molar-refractivity contribution in [1.29, 1.82) is 0 Å². The molecule has 0 N–H and O–H groups in total. The number of hydrogen-bond acceptors (Lipinski definition) is 8. The van der Waals surface area contributed by atoms with Gasteiger partial charge in [-0.2, -0.15) is 9.37 Å². The molecule has 1 aromatic heterocycles. The van der Waals surface area contributed by atoms with Crippen LogP contribution >= 0.6 is 35.6 Å². The van der Waals surface area contributed by atoms with E-state index in [1.807, 2.05) is 0 Å². The van der Waals surface area contributed by atoms with Crippen molar-refractivity contribution >= 4 is 57.6 Å². The number of rotatable bonds is 4. The Morgan fingerprint density at radius 1 is 1.22 bits per heavy atom. The van der Waals surface area contributed by atoms with Crippen LogP contribution in [-0.4, -0.2) is 27.0 Å². The molecule has 0 aliphatic carbocycles. The van der Waals surface area contributed by atoms with Gasteiger partial charge in [-0.25, -0.2) is 4.98 Å². The van der Waals surface area contributed by atoms with Gasteiger partial charge in [0.1, 0.15) is 5.75 Å². The van der Waals surface area contributed by atoms with Gasteiger partial charge < -0.3 is 14.2 Å². The van der Waals surface area contributed by atoms with Crippen LogP contribution in [0.2, 0.25) is 5.28 Å². The molecule has 0 bridgehead atoms. The minimum Gasteiger partial charge on any atom is -0.454 e. The Balaban J connectivity index is 1.39. The molecular weight excluding hydrogens is 477 g/mol. The quantitative estimate of drug-likeness (QED) is 0.282. The highest BCUT2D eigenvalue weighted by Crippen LogP contribution is 2.41. The van der Waals surface area contributed by atoms with Gasteiger partial charge in [0.2, 0.25) is 17.9 Å². The zero-order valence-corrected chi connectivity index (χ0v) is 18.3. The molecule has 32 heavy (non-hydrogen) atoms. The van der Waals surface area contributed by atoms with Crippen LogP contribution in [0.3, 0.4) is 0 Å². The number of anilines is 1. The van der Waals surface area contributed by atoms with Gasteiger partial charge in [0.15, 0.2) is 15.8 Å². The van der Waals surface area contributed by atoms with Crippen LogP contribution in [0.15, 0.2) is 53.6 Å². The Bertz CT molecular complexity index is 1300. The number of carbonyl (C=O) groups is 1. The van der Waals surface area contributed by atoms with Crippen molar-refractivity contribution in [2.45, 2.75) is 0 Å². The van der Waals surface area contributed by atoms with E-state index in [2.05, 4.69) is 9.97 Å². The summed E-state index contributed by atoms with van der Waals surface area (Å²) >= 11 is 12.3. The van der Waals surface area contributed by atoms with E-state index in [0.29, 0.717) is 37.7 Å². The first kappa shape index (κ1) is 20.7. The number of nitrogens with zero attached hydrogens (tertiary/aromatic N) is 3. The Hall–Kier alpha value is -3.21. The van der Waals surface area contributed by atoms with Gasteiger partial charge in [-0.15, -0.1) is 0 Å². The van der Waals surface area contributed by atoms with Gasteiger partial charge in [0, 0.05) is 6.07 Å². The van der Waals surface area contributed by atoms with Crippen molar-refractivity contribution in [3.63, 3.8) is 0 Å². The summed E-state index contributed by atoms with van der Waals surface area (Å²) in [5, 5.41) is -0.134. The maximum Gasteiger partial charge on any atom is 0.270 e. The summed E-state index contributed by atoms with van der Waals surface area (Å²) in [6.07, 6.45) is 2.61. The van der Waals surface area contributed by atoms with E-state index in [9.17, 15) is 9.18 Å². The average Bonchev–Trinajstić information content (AvgIpc) is 3.34. The molecule has 1 fully saturated rings. The summed E-state index contributed by atoms with van der Waals surface area (Å²) in [6.45, 7) is 0.139. The Morgan fingerprint density at radius 2 is 2.06 bits per heavy atom. The fraction of sp³-hybridized carbons (Fsp3) is 0.0476.